The molecule has 0 bridgehead atoms. The van der Waals surface area contributed by atoms with Crippen LogP contribution in [0.25, 0.3) is 0 Å². The lowest BCUT2D eigenvalue weighted by Crippen LogP contribution is -2.57. The summed E-state index contributed by atoms with van der Waals surface area (Å²) < 4.78 is 5.43. The minimum Gasteiger partial charge on any atom is -0.458 e. The van der Waals surface area contributed by atoms with Crippen molar-refractivity contribution in [2.24, 2.45) is 23.7 Å². The number of nitrogens with zero attached hydrogens (tertiary/aromatic N) is 1. The number of rotatable bonds is 6. The van der Waals surface area contributed by atoms with Crippen molar-refractivity contribution in [1.29, 1.82) is 0 Å². The second kappa shape index (κ2) is 8.98. The fraction of sp³-hybridized carbons (Fsp3) is 0.783. The Bertz CT molecular complexity index is 614. The van der Waals surface area contributed by atoms with Gasteiger partial charge in [-0.2, -0.15) is 0 Å². The number of hydrogen-bond donors (Lipinski definition) is 1. The molecule has 1 radical (unpaired) electrons. The Labute approximate surface area is 170 Å². The van der Waals surface area contributed by atoms with Gasteiger partial charge in [0.2, 0.25) is 5.91 Å². The third kappa shape index (κ3) is 4.61. The number of fused-ring (bicyclic) bond motifs is 1. The predicted molar refractivity (Wildman–Crippen MR) is 110 cm³/mol. The van der Waals surface area contributed by atoms with Gasteiger partial charge in [-0.25, -0.2) is 0 Å². The summed E-state index contributed by atoms with van der Waals surface area (Å²) in [6.45, 7) is 14.4. The van der Waals surface area contributed by atoms with Gasteiger partial charge in [0.15, 0.2) is 0 Å². The van der Waals surface area contributed by atoms with Crippen molar-refractivity contribution in [2.45, 2.75) is 85.5 Å². The standard InChI is InChI=1S/C23H38NO4/c1-8-22(26)24(14(2)3)13-16(5)19-10-9-17(6)23(27)12-21(28-18(7)25)15(4)11-20(19)23/h11-12,14,16-17,19-21,27H,8-10,13H2,1-7H3/t16?,17-,19+,20-,21-,23-/m1/s1. The molecule has 0 aliphatic heterocycles. The minimum atomic E-state index is -0.992. The number of carbonyl (C=O) groups is 2. The summed E-state index contributed by atoms with van der Waals surface area (Å²) in [4.78, 5) is 25.8. The highest BCUT2D eigenvalue weighted by Gasteiger charge is 2.53. The van der Waals surface area contributed by atoms with Crippen LogP contribution in [0.15, 0.2) is 11.6 Å². The Kier molecular flexibility index (Phi) is 7.35. The number of esters is 1. The predicted octanol–water partition coefficient (Wildman–Crippen LogP) is 3.76. The molecule has 2 aliphatic rings. The van der Waals surface area contributed by atoms with Gasteiger partial charge >= 0.3 is 5.97 Å². The first kappa shape index (κ1) is 22.9. The first-order valence-corrected chi connectivity index (χ1v) is 10.7. The summed E-state index contributed by atoms with van der Waals surface area (Å²) in [5.41, 5.74) is -0.0182. The van der Waals surface area contributed by atoms with Gasteiger partial charge in [0, 0.05) is 38.3 Å². The lowest BCUT2D eigenvalue weighted by atomic mass is 9.57. The Balaban J connectivity index is 2.27. The van der Waals surface area contributed by atoms with Crippen LogP contribution in [0.5, 0.6) is 0 Å². The van der Waals surface area contributed by atoms with E-state index in [0.717, 1.165) is 18.4 Å². The summed E-state index contributed by atoms with van der Waals surface area (Å²) in [7, 11) is 0. The fourth-order valence-electron chi connectivity index (χ4n) is 5.00. The van der Waals surface area contributed by atoms with E-state index in [0.29, 0.717) is 13.0 Å². The topological polar surface area (TPSA) is 66.8 Å². The Morgan fingerprint density at radius 2 is 1.96 bits per heavy atom. The molecule has 5 heteroatoms. The third-order valence-corrected chi connectivity index (χ3v) is 6.78. The normalized spacial score (nSPS) is 33.7. The van der Waals surface area contributed by atoms with Gasteiger partial charge in [-0.1, -0.05) is 26.8 Å². The van der Waals surface area contributed by atoms with Crippen LogP contribution in [-0.4, -0.2) is 46.2 Å². The molecular formula is C23H38NO4. The number of ether oxygens (including phenoxy) is 1. The van der Waals surface area contributed by atoms with Crippen molar-refractivity contribution in [2.75, 3.05) is 6.54 Å². The van der Waals surface area contributed by atoms with E-state index < -0.39 is 11.7 Å². The fourth-order valence-corrected chi connectivity index (χ4v) is 5.00. The van der Waals surface area contributed by atoms with E-state index in [4.69, 9.17) is 4.74 Å². The van der Waals surface area contributed by atoms with Crippen LogP contribution in [0, 0.1) is 30.1 Å². The van der Waals surface area contributed by atoms with Crippen molar-refractivity contribution in [1.82, 2.24) is 4.90 Å². The zero-order valence-corrected chi connectivity index (χ0v) is 18.6. The highest BCUT2D eigenvalue weighted by molar-refractivity contribution is 5.76. The average Bonchev–Trinajstić information content (AvgIpc) is 2.61. The summed E-state index contributed by atoms with van der Waals surface area (Å²) in [6.07, 6.45) is 5.95. The smallest absolute Gasteiger partial charge is 0.303 e. The molecule has 1 amide bonds. The monoisotopic (exact) mass is 392 g/mol. The van der Waals surface area contributed by atoms with E-state index in [1.54, 1.807) is 0 Å². The quantitative estimate of drug-likeness (QED) is 0.552. The minimum absolute atomic E-state index is 0.0243. The maximum atomic E-state index is 12.4. The molecule has 0 aromatic carbocycles. The van der Waals surface area contributed by atoms with Gasteiger partial charge in [-0.15, -0.1) is 0 Å². The lowest BCUT2D eigenvalue weighted by molar-refractivity contribution is -0.148. The van der Waals surface area contributed by atoms with Crippen molar-refractivity contribution < 1.29 is 19.4 Å². The number of amides is 1. The van der Waals surface area contributed by atoms with Gasteiger partial charge in [0.1, 0.15) is 6.10 Å². The van der Waals surface area contributed by atoms with Crippen molar-refractivity contribution >= 4 is 11.9 Å². The molecule has 0 spiro atoms. The maximum absolute atomic E-state index is 12.4. The molecule has 0 saturated heterocycles. The van der Waals surface area contributed by atoms with Gasteiger partial charge in [0.25, 0.3) is 0 Å². The SMILES string of the molecule is CCC(=O)N(CC(C)[C@@H]1CC[C@@H](C)[C@]2(O)[CH][C@@H](OC(C)=O)C(C)=C[C@H]12)C(C)C. The van der Waals surface area contributed by atoms with E-state index >= 15 is 0 Å². The van der Waals surface area contributed by atoms with E-state index in [2.05, 4.69) is 33.8 Å². The number of aliphatic hydroxyl groups is 1. The van der Waals surface area contributed by atoms with Crippen LogP contribution < -0.4 is 0 Å². The Morgan fingerprint density at radius 3 is 2.50 bits per heavy atom. The van der Waals surface area contributed by atoms with Crippen molar-refractivity contribution in [3.63, 3.8) is 0 Å². The van der Waals surface area contributed by atoms with Crippen LogP contribution >= 0.6 is 0 Å². The van der Waals surface area contributed by atoms with E-state index in [1.165, 1.54) is 6.92 Å². The molecular weight excluding hydrogens is 354 g/mol. The van der Waals surface area contributed by atoms with E-state index in [1.807, 2.05) is 25.2 Å². The number of hydrogen-bond acceptors (Lipinski definition) is 4. The van der Waals surface area contributed by atoms with Crippen molar-refractivity contribution in [3.8, 4) is 0 Å². The summed E-state index contributed by atoms with van der Waals surface area (Å²) >= 11 is 0. The summed E-state index contributed by atoms with van der Waals surface area (Å²) in [6, 6.07) is 0.167. The molecule has 2 aliphatic carbocycles. The molecule has 6 atom stereocenters. The second-order valence-corrected chi connectivity index (χ2v) is 9.13. The second-order valence-electron chi connectivity index (χ2n) is 9.13. The molecule has 0 aromatic heterocycles. The van der Waals surface area contributed by atoms with Gasteiger partial charge in [0.05, 0.1) is 5.60 Å². The van der Waals surface area contributed by atoms with Gasteiger partial charge in [-0.3, -0.25) is 9.59 Å². The van der Waals surface area contributed by atoms with E-state index in [9.17, 15) is 14.7 Å². The molecule has 5 nitrogen and oxygen atoms in total. The zero-order valence-electron chi connectivity index (χ0n) is 18.6. The summed E-state index contributed by atoms with van der Waals surface area (Å²) in [5.74, 6) is 0.458. The molecule has 1 fully saturated rings. The molecule has 0 aromatic rings. The largest absolute Gasteiger partial charge is 0.458 e. The lowest BCUT2D eigenvalue weighted by Gasteiger charge is -2.53. The maximum Gasteiger partial charge on any atom is 0.303 e. The average molecular weight is 393 g/mol. The number of carbonyl (C=O) groups excluding carboxylic acids is 2. The molecule has 1 saturated carbocycles. The van der Waals surface area contributed by atoms with Crippen LogP contribution in [-0.2, 0) is 14.3 Å². The highest BCUT2D eigenvalue weighted by Crippen LogP contribution is 2.50. The molecule has 1 unspecified atom stereocenters. The van der Waals surface area contributed by atoms with Crippen LogP contribution in [0.4, 0.5) is 0 Å². The molecule has 1 N–H and O–H groups in total. The molecule has 0 heterocycles. The highest BCUT2D eigenvalue weighted by atomic mass is 16.5. The first-order chi connectivity index (χ1) is 13.0. The molecule has 159 valence electrons. The van der Waals surface area contributed by atoms with Gasteiger partial charge < -0.3 is 14.7 Å². The third-order valence-electron chi connectivity index (χ3n) is 6.78. The van der Waals surface area contributed by atoms with E-state index in [-0.39, 0.29) is 41.6 Å². The van der Waals surface area contributed by atoms with Crippen LogP contribution in [0.1, 0.15) is 67.7 Å². The van der Waals surface area contributed by atoms with Crippen molar-refractivity contribution in [3.05, 3.63) is 18.1 Å². The molecule has 28 heavy (non-hydrogen) atoms. The Morgan fingerprint density at radius 1 is 1.32 bits per heavy atom. The summed E-state index contributed by atoms with van der Waals surface area (Å²) in [5, 5.41) is 11.6. The first-order valence-electron chi connectivity index (χ1n) is 10.7. The Hall–Kier alpha value is -1.36. The van der Waals surface area contributed by atoms with Crippen LogP contribution in [0.2, 0.25) is 0 Å². The van der Waals surface area contributed by atoms with Gasteiger partial charge in [-0.05, 0) is 56.9 Å². The van der Waals surface area contributed by atoms with Crippen LogP contribution in [0.3, 0.4) is 0 Å². The zero-order chi connectivity index (χ0) is 21.2. The molecule has 2 rings (SSSR count).